The summed E-state index contributed by atoms with van der Waals surface area (Å²) in [4.78, 5) is 0. The fraction of sp³-hybridized carbons (Fsp3) is 0.333. The van der Waals surface area contributed by atoms with Crippen LogP contribution in [0.3, 0.4) is 0 Å². The van der Waals surface area contributed by atoms with E-state index in [1.54, 1.807) is 6.26 Å². The number of furan rings is 1. The van der Waals surface area contributed by atoms with Gasteiger partial charge in [-0.3, -0.25) is 5.84 Å². The molecule has 3 rings (SSSR count). The molecule has 0 radical (unpaired) electrons. The Hall–Kier alpha value is -1.10. The molecule has 1 aliphatic carbocycles. The Morgan fingerprint density at radius 2 is 1.95 bits per heavy atom. The van der Waals surface area contributed by atoms with Crippen LogP contribution in [-0.4, -0.2) is 0 Å². The van der Waals surface area contributed by atoms with Crippen LogP contribution < -0.4 is 11.3 Å². The van der Waals surface area contributed by atoms with Crippen molar-refractivity contribution in [3.8, 4) is 0 Å². The first-order chi connectivity index (χ1) is 9.29. The molecular weight excluding hydrogens is 304 g/mol. The highest BCUT2D eigenvalue weighted by Crippen LogP contribution is 2.37. The van der Waals surface area contributed by atoms with Crippen LogP contribution in [0.2, 0.25) is 0 Å². The van der Waals surface area contributed by atoms with Gasteiger partial charge in [-0.15, -0.1) is 0 Å². The lowest BCUT2D eigenvalue weighted by molar-refractivity contribution is 0.419. The zero-order valence-electron chi connectivity index (χ0n) is 10.6. The van der Waals surface area contributed by atoms with Crippen molar-refractivity contribution in [2.75, 3.05) is 0 Å². The molecule has 1 unspecified atom stereocenters. The second-order valence-corrected chi connectivity index (χ2v) is 5.76. The Morgan fingerprint density at radius 1 is 1.21 bits per heavy atom. The van der Waals surface area contributed by atoms with E-state index in [0.717, 1.165) is 21.7 Å². The Morgan fingerprint density at radius 3 is 2.42 bits per heavy atom. The van der Waals surface area contributed by atoms with Crippen molar-refractivity contribution in [3.05, 3.63) is 58.0 Å². The smallest absolute Gasteiger partial charge is 0.174 e. The van der Waals surface area contributed by atoms with Gasteiger partial charge in [-0.05, 0) is 51.9 Å². The van der Waals surface area contributed by atoms with E-state index in [4.69, 9.17) is 10.3 Å². The molecule has 0 saturated heterocycles. The van der Waals surface area contributed by atoms with Gasteiger partial charge in [0.15, 0.2) is 4.67 Å². The number of benzene rings is 1. The summed E-state index contributed by atoms with van der Waals surface area (Å²) >= 11 is 3.40. The lowest BCUT2D eigenvalue weighted by Gasteiger charge is -2.26. The fourth-order valence-corrected chi connectivity index (χ4v) is 3.05. The second-order valence-electron chi connectivity index (χ2n) is 5.04. The molecule has 0 aliphatic heterocycles. The number of hydrazine groups is 1. The lowest BCUT2D eigenvalue weighted by atomic mass is 9.80. The number of hydrogen-bond acceptors (Lipinski definition) is 3. The van der Waals surface area contributed by atoms with Crippen LogP contribution in [0.25, 0.3) is 0 Å². The van der Waals surface area contributed by atoms with E-state index in [9.17, 15) is 0 Å². The molecule has 2 aromatic rings. The Kier molecular flexibility index (Phi) is 3.73. The molecule has 0 bridgehead atoms. The van der Waals surface area contributed by atoms with Crippen LogP contribution in [0.15, 0.2) is 45.7 Å². The van der Waals surface area contributed by atoms with Crippen LogP contribution in [0, 0.1) is 0 Å². The molecule has 4 heteroatoms. The summed E-state index contributed by atoms with van der Waals surface area (Å²) in [5.74, 6) is 6.45. The van der Waals surface area contributed by atoms with Gasteiger partial charge in [0.25, 0.3) is 0 Å². The molecule has 1 heterocycles. The highest BCUT2D eigenvalue weighted by Gasteiger charge is 2.21. The average molecular weight is 321 g/mol. The molecule has 1 aromatic carbocycles. The Bertz CT molecular complexity index is 546. The summed E-state index contributed by atoms with van der Waals surface area (Å²) < 4.78 is 6.00. The van der Waals surface area contributed by atoms with Crippen LogP contribution >= 0.6 is 15.9 Å². The monoisotopic (exact) mass is 320 g/mol. The van der Waals surface area contributed by atoms with E-state index in [-0.39, 0.29) is 6.04 Å². The third-order valence-electron chi connectivity index (χ3n) is 3.97. The minimum atomic E-state index is -0.0523. The minimum absolute atomic E-state index is 0.0523. The van der Waals surface area contributed by atoms with Crippen LogP contribution in [0.5, 0.6) is 0 Å². The van der Waals surface area contributed by atoms with Crippen molar-refractivity contribution in [1.82, 2.24) is 5.43 Å². The first-order valence-corrected chi connectivity index (χ1v) is 7.38. The van der Waals surface area contributed by atoms with Crippen molar-refractivity contribution in [2.24, 2.45) is 5.84 Å². The predicted octanol–water partition coefficient (Wildman–Crippen LogP) is 3.86. The molecule has 3 nitrogen and oxygen atoms in total. The largest absolute Gasteiger partial charge is 0.457 e. The summed E-state index contributed by atoms with van der Waals surface area (Å²) in [5, 5.41) is 0. The van der Waals surface area contributed by atoms with Crippen molar-refractivity contribution in [1.29, 1.82) is 0 Å². The Balaban J connectivity index is 1.85. The number of nitrogens with two attached hydrogens (primary N) is 1. The van der Waals surface area contributed by atoms with E-state index < -0.39 is 0 Å². The molecule has 1 aromatic heterocycles. The van der Waals surface area contributed by atoms with E-state index >= 15 is 0 Å². The molecule has 1 aliphatic rings. The van der Waals surface area contributed by atoms with Gasteiger partial charge in [-0.25, -0.2) is 5.43 Å². The average Bonchev–Trinajstić information content (AvgIpc) is 2.77. The number of nitrogens with one attached hydrogen (secondary N) is 1. The third-order valence-corrected chi connectivity index (χ3v) is 4.61. The van der Waals surface area contributed by atoms with Crippen molar-refractivity contribution in [2.45, 2.75) is 31.2 Å². The number of hydrogen-bond donors (Lipinski definition) is 2. The first-order valence-electron chi connectivity index (χ1n) is 6.58. The quantitative estimate of drug-likeness (QED) is 0.664. The summed E-state index contributed by atoms with van der Waals surface area (Å²) in [6.45, 7) is 0. The Labute approximate surface area is 121 Å². The molecule has 19 heavy (non-hydrogen) atoms. The maximum Gasteiger partial charge on any atom is 0.174 e. The normalized spacial score (nSPS) is 17.2. The second kappa shape index (κ2) is 5.49. The van der Waals surface area contributed by atoms with Gasteiger partial charge in [-0.2, -0.15) is 0 Å². The van der Waals surface area contributed by atoms with Crippen molar-refractivity contribution < 1.29 is 4.42 Å². The molecule has 3 N–H and O–H groups in total. The van der Waals surface area contributed by atoms with Crippen LogP contribution in [0.1, 0.15) is 47.9 Å². The molecule has 1 fully saturated rings. The summed E-state index contributed by atoms with van der Waals surface area (Å²) in [7, 11) is 0. The van der Waals surface area contributed by atoms with E-state index in [1.165, 1.54) is 24.8 Å². The van der Waals surface area contributed by atoms with Gasteiger partial charge in [0, 0.05) is 5.56 Å². The maximum atomic E-state index is 5.69. The number of rotatable bonds is 4. The van der Waals surface area contributed by atoms with Gasteiger partial charge in [0.1, 0.15) is 0 Å². The number of halogens is 1. The molecule has 1 saturated carbocycles. The molecule has 0 amide bonds. The zero-order valence-corrected chi connectivity index (χ0v) is 12.2. The standard InChI is InChI=1S/C15H17BrN2O/c16-15-13(8-9-19-15)14(18-17)12-6-4-11(5-7-12)10-2-1-3-10/h4-10,14,18H,1-3,17H2. The highest BCUT2D eigenvalue weighted by atomic mass is 79.9. The van der Waals surface area contributed by atoms with Gasteiger partial charge in [-0.1, -0.05) is 30.7 Å². The summed E-state index contributed by atoms with van der Waals surface area (Å²) in [6.07, 6.45) is 5.67. The van der Waals surface area contributed by atoms with E-state index in [2.05, 4.69) is 45.6 Å². The molecule has 100 valence electrons. The highest BCUT2D eigenvalue weighted by molar-refractivity contribution is 9.10. The van der Waals surface area contributed by atoms with Gasteiger partial charge >= 0.3 is 0 Å². The minimum Gasteiger partial charge on any atom is -0.457 e. The molecule has 0 spiro atoms. The summed E-state index contributed by atoms with van der Waals surface area (Å²) in [6, 6.07) is 10.6. The predicted molar refractivity (Wildman–Crippen MR) is 78.6 cm³/mol. The summed E-state index contributed by atoms with van der Waals surface area (Å²) in [5.41, 5.74) is 6.45. The molecule has 1 atom stereocenters. The van der Waals surface area contributed by atoms with E-state index in [1.807, 2.05) is 6.07 Å². The third kappa shape index (κ3) is 2.48. The van der Waals surface area contributed by atoms with Gasteiger partial charge < -0.3 is 4.42 Å². The zero-order chi connectivity index (χ0) is 13.2. The molecular formula is C15H17BrN2O. The lowest BCUT2D eigenvalue weighted by Crippen LogP contribution is -2.28. The van der Waals surface area contributed by atoms with Crippen LogP contribution in [0.4, 0.5) is 0 Å². The van der Waals surface area contributed by atoms with Gasteiger partial charge in [0.05, 0.1) is 12.3 Å². The fourth-order valence-electron chi connectivity index (χ4n) is 2.58. The van der Waals surface area contributed by atoms with Crippen molar-refractivity contribution in [3.63, 3.8) is 0 Å². The van der Waals surface area contributed by atoms with E-state index in [0.29, 0.717) is 0 Å². The SMILES string of the molecule is NNC(c1ccc(C2CCC2)cc1)c1ccoc1Br. The maximum absolute atomic E-state index is 5.69. The topological polar surface area (TPSA) is 51.2 Å². The van der Waals surface area contributed by atoms with Crippen molar-refractivity contribution >= 4 is 15.9 Å². The first kappa shape index (κ1) is 12.9. The van der Waals surface area contributed by atoms with Crippen LogP contribution in [-0.2, 0) is 0 Å². The van der Waals surface area contributed by atoms with Gasteiger partial charge in [0.2, 0.25) is 0 Å².